The summed E-state index contributed by atoms with van der Waals surface area (Å²) in [6.45, 7) is 2.02. The SMILES string of the molecule is Cc1cccc(NC(=O)c2ccc(=O)n(CCC(=O)Nc3cccc4c3CCCC4)n2)c1. The van der Waals surface area contributed by atoms with Crippen molar-refractivity contribution in [1.82, 2.24) is 9.78 Å². The molecule has 0 saturated heterocycles. The predicted octanol–water partition coefficient (Wildman–Crippen LogP) is 3.71. The Morgan fingerprint density at radius 1 is 1.00 bits per heavy atom. The lowest BCUT2D eigenvalue weighted by Crippen LogP contribution is -2.28. The van der Waals surface area contributed by atoms with Gasteiger partial charge < -0.3 is 10.6 Å². The number of carbonyl (C=O) groups excluding carboxylic acids is 2. The van der Waals surface area contributed by atoms with Crippen LogP contribution in [-0.2, 0) is 24.2 Å². The van der Waals surface area contributed by atoms with Crippen LogP contribution in [-0.4, -0.2) is 21.6 Å². The number of nitrogens with one attached hydrogen (secondary N) is 2. The van der Waals surface area contributed by atoms with E-state index in [1.165, 1.54) is 29.7 Å². The number of hydrogen-bond acceptors (Lipinski definition) is 4. The summed E-state index contributed by atoms with van der Waals surface area (Å²) in [5, 5.41) is 9.90. The van der Waals surface area contributed by atoms with E-state index in [2.05, 4.69) is 21.8 Å². The number of benzene rings is 2. The van der Waals surface area contributed by atoms with Crippen molar-refractivity contribution < 1.29 is 9.59 Å². The zero-order valence-electron chi connectivity index (χ0n) is 18.1. The number of carbonyl (C=O) groups is 2. The Bertz CT molecular complexity index is 1220. The van der Waals surface area contributed by atoms with E-state index in [9.17, 15) is 14.4 Å². The minimum atomic E-state index is -0.412. The van der Waals surface area contributed by atoms with Gasteiger partial charge in [0, 0.05) is 23.9 Å². The molecule has 0 unspecified atom stereocenters. The van der Waals surface area contributed by atoms with Crippen LogP contribution in [0.25, 0.3) is 0 Å². The van der Waals surface area contributed by atoms with Crippen LogP contribution in [0.1, 0.15) is 46.4 Å². The molecule has 0 spiro atoms. The van der Waals surface area contributed by atoms with Crippen molar-refractivity contribution in [1.29, 1.82) is 0 Å². The molecule has 2 aromatic carbocycles. The first-order valence-electron chi connectivity index (χ1n) is 10.9. The molecule has 0 aliphatic heterocycles. The van der Waals surface area contributed by atoms with Crippen LogP contribution in [0.5, 0.6) is 0 Å². The number of anilines is 2. The lowest BCUT2D eigenvalue weighted by atomic mass is 9.90. The summed E-state index contributed by atoms with van der Waals surface area (Å²) >= 11 is 0. The zero-order chi connectivity index (χ0) is 22.5. The quantitative estimate of drug-likeness (QED) is 0.623. The molecule has 32 heavy (non-hydrogen) atoms. The van der Waals surface area contributed by atoms with Gasteiger partial charge in [-0.05, 0) is 73.6 Å². The Morgan fingerprint density at radius 2 is 1.81 bits per heavy atom. The molecule has 1 heterocycles. The largest absolute Gasteiger partial charge is 0.326 e. The smallest absolute Gasteiger partial charge is 0.276 e. The van der Waals surface area contributed by atoms with Crippen molar-refractivity contribution >= 4 is 23.2 Å². The fraction of sp³-hybridized carbons (Fsp3) is 0.280. The van der Waals surface area contributed by atoms with Crippen molar-refractivity contribution in [3.05, 3.63) is 87.3 Å². The third-order valence-corrected chi connectivity index (χ3v) is 5.60. The molecule has 1 aliphatic rings. The summed E-state index contributed by atoms with van der Waals surface area (Å²) in [5.41, 5.74) is 4.77. The standard InChI is InChI=1S/C25H26N4O3/c1-17-6-4-9-19(16-17)26-25(32)22-12-13-24(31)29(28-22)15-14-23(30)27-21-11-5-8-18-7-2-3-10-20(18)21/h4-6,8-9,11-13,16H,2-3,7,10,14-15H2,1H3,(H,26,32)(H,27,30). The highest BCUT2D eigenvalue weighted by molar-refractivity contribution is 6.02. The van der Waals surface area contributed by atoms with Gasteiger partial charge >= 0.3 is 0 Å². The third-order valence-electron chi connectivity index (χ3n) is 5.60. The number of aromatic nitrogens is 2. The van der Waals surface area contributed by atoms with Crippen molar-refractivity contribution in [3.63, 3.8) is 0 Å². The lowest BCUT2D eigenvalue weighted by Gasteiger charge is -2.19. The van der Waals surface area contributed by atoms with Crippen LogP contribution in [0.3, 0.4) is 0 Å². The van der Waals surface area contributed by atoms with Gasteiger partial charge in [0.15, 0.2) is 0 Å². The Hall–Kier alpha value is -3.74. The second kappa shape index (κ2) is 9.60. The molecular weight excluding hydrogens is 404 g/mol. The van der Waals surface area contributed by atoms with E-state index in [1.54, 1.807) is 6.07 Å². The normalized spacial score (nSPS) is 12.7. The van der Waals surface area contributed by atoms with E-state index in [4.69, 9.17) is 0 Å². The summed E-state index contributed by atoms with van der Waals surface area (Å²) in [5.74, 6) is -0.600. The highest BCUT2D eigenvalue weighted by atomic mass is 16.2. The Morgan fingerprint density at radius 3 is 2.66 bits per heavy atom. The van der Waals surface area contributed by atoms with Crippen LogP contribution in [0.4, 0.5) is 11.4 Å². The van der Waals surface area contributed by atoms with Gasteiger partial charge in [-0.25, -0.2) is 4.68 Å². The summed E-state index contributed by atoms with van der Waals surface area (Å²) in [7, 11) is 0. The first-order chi connectivity index (χ1) is 15.5. The minimum absolute atomic E-state index is 0.0829. The average Bonchev–Trinajstić information content (AvgIpc) is 2.79. The van der Waals surface area contributed by atoms with E-state index in [-0.39, 0.29) is 30.1 Å². The average molecular weight is 431 g/mol. The topological polar surface area (TPSA) is 93.1 Å². The van der Waals surface area contributed by atoms with Crippen molar-refractivity contribution in [2.24, 2.45) is 0 Å². The van der Waals surface area contributed by atoms with E-state index < -0.39 is 5.91 Å². The number of rotatable bonds is 6. The molecule has 7 nitrogen and oxygen atoms in total. The Balaban J connectivity index is 1.41. The second-order valence-electron chi connectivity index (χ2n) is 8.05. The maximum atomic E-state index is 12.5. The van der Waals surface area contributed by atoms with Crippen molar-refractivity contribution in [3.8, 4) is 0 Å². The minimum Gasteiger partial charge on any atom is -0.326 e. The maximum absolute atomic E-state index is 12.5. The second-order valence-corrected chi connectivity index (χ2v) is 8.05. The van der Waals surface area contributed by atoms with E-state index in [1.807, 2.05) is 37.3 Å². The third kappa shape index (κ3) is 5.11. The molecule has 4 rings (SSSR count). The van der Waals surface area contributed by atoms with Gasteiger partial charge in [-0.15, -0.1) is 0 Å². The molecule has 0 bridgehead atoms. The number of aryl methyl sites for hydroxylation is 3. The highest BCUT2D eigenvalue weighted by Crippen LogP contribution is 2.27. The van der Waals surface area contributed by atoms with E-state index in [0.29, 0.717) is 5.69 Å². The predicted molar refractivity (Wildman–Crippen MR) is 124 cm³/mol. The maximum Gasteiger partial charge on any atom is 0.276 e. The van der Waals surface area contributed by atoms with Crippen LogP contribution < -0.4 is 16.2 Å². The zero-order valence-corrected chi connectivity index (χ0v) is 18.1. The molecule has 1 aromatic heterocycles. The number of hydrogen-bond donors (Lipinski definition) is 2. The van der Waals surface area contributed by atoms with Crippen molar-refractivity contribution in [2.45, 2.75) is 45.6 Å². The monoisotopic (exact) mass is 430 g/mol. The molecule has 0 saturated carbocycles. The highest BCUT2D eigenvalue weighted by Gasteiger charge is 2.15. The van der Waals surface area contributed by atoms with E-state index >= 15 is 0 Å². The van der Waals surface area contributed by atoms with E-state index in [0.717, 1.165) is 35.2 Å². The van der Waals surface area contributed by atoms with Gasteiger partial charge in [-0.2, -0.15) is 5.10 Å². The summed E-state index contributed by atoms with van der Waals surface area (Å²) in [6, 6.07) is 16.1. The Labute approximate surface area is 186 Å². The van der Waals surface area contributed by atoms with Gasteiger partial charge in [-0.3, -0.25) is 14.4 Å². The molecule has 0 atom stereocenters. The number of fused-ring (bicyclic) bond motifs is 1. The molecule has 1 aliphatic carbocycles. The van der Waals surface area contributed by atoms with Gasteiger partial charge in [0.1, 0.15) is 5.69 Å². The molecule has 2 amide bonds. The number of amides is 2. The molecule has 0 radical (unpaired) electrons. The summed E-state index contributed by atoms with van der Waals surface area (Å²) in [4.78, 5) is 37.3. The van der Waals surface area contributed by atoms with Crippen molar-refractivity contribution in [2.75, 3.05) is 10.6 Å². The first kappa shape index (κ1) is 21.5. The van der Waals surface area contributed by atoms with Crippen LogP contribution >= 0.6 is 0 Å². The molecule has 164 valence electrons. The van der Waals surface area contributed by atoms with Gasteiger partial charge in [0.05, 0.1) is 6.54 Å². The fourth-order valence-electron chi connectivity index (χ4n) is 3.97. The Kier molecular flexibility index (Phi) is 6.44. The van der Waals surface area contributed by atoms with Crippen LogP contribution in [0.15, 0.2) is 59.4 Å². The lowest BCUT2D eigenvalue weighted by molar-refractivity contribution is -0.116. The van der Waals surface area contributed by atoms with Gasteiger partial charge in [-0.1, -0.05) is 24.3 Å². The van der Waals surface area contributed by atoms with Crippen LogP contribution in [0.2, 0.25) is 0 Å². The summed E-state index contributed by atoms with van der Waals surface area (Å²) < 4.78 is 1.16. The fourth-order valence-corrected chi connectivity index (χ4v) is 3.97. The summed E-state index contributed by atoms with van der Waals surface area (Å²) in [6.07, 6.45) is 4.38. The molecule has 3 aromatic rings. The van der Waals surface area contributed by atoms with Gasteiger partial charge in [0.2, 0.25) is 5.91 Å². The molecule has 0 fully saturated rings. The number of nitrogens with zero attached hydrogens (tertiary/aromatic N) is 2. The first-order valence-corrected chi connectivity index (χ1v) is 10.9. The molecular formula is C25H26N4O3. The molecule has 7 heteroatoms. The van der Waals surface area contributed by atoms with Crippen LogP contribution in [0, 0.1) is 6.92 Å². The van der Waals surface area contributed by atoms with Gasteiger partial charge in [0.25, 0.3) is 11.5 Å². The molecule has 2 N–H and O–H groups in total.